The molecule has 0 unspecified atom stereocenters. The molecular weight excluding hydrogens is 262 g/mol. The highest BCUT2D eigenvalue weighted by Crippen LogP contribution is 2.39. The van der Waals surface area contributed by atoms with Gasteiger partial charge in [-0.15, -0.1) is 0 Å². The number of aliphatic carboxylic acids is 1. The standard InChI is InChI=1S/C18H25NO2/c1-19(16-11-14-7-3-4-8-15(14)12-16)18(13-17(20)21)9-5-2-6-10-18/h3-4,7-8,16H,2,5-6,9-13H2,1H3,(H,20,21). The van der Waals surface area contributed by atoms with E-state index in [1.165, 1.54) is 17.5 Å². The molecule has 114 valence electrons. The monoisotopic (exact) mass is 287 g/mol. The quantitative estimate of drug-likeness (QED) is 0.924. The zero-order chi connectivity index (χ0) is 14.9. The summed E-state index contributed by atoms with van der Waals surface area (Å²) in [5, 5.41) is 9.37. The lowest BCUT2D eigenvalue weighted by Crippen LogP contribution is -2.54. The van der Waals surface area contributed by atoms with Gasteiger partial charge in [0, 0.05) is 11.6 Å². The Labute approximate surface area is 127 Å². The first-order chi connectivity index (χ1) is 10.1. The maximum atomic E-state index is 11.4. The van der Waals surface area contributed by atoms with Gasteiger partial charge in [0.25, 0.3) is 0 Å². The molecule has 1 aromatic rings. The predicted octanol–water partition coefficient (Wildman–Crippen LogP) is 3.26. The summed E-state index contributed by atoms with van der Waals surface area (Å²) >= 11 is 0. The van der Waals surface area contributed by atoms with Gasteiger partial charge in [-0.2, -0.15) is 0 Å². The Balaban J connectivity index is 1.79. The SMILES string of the molecule is CN(C1Cc2ccccc2C1)C1(CC(=O)O)CCCCC1. The van der Waals surface area contributed by atoms with Crippen molar-refractivity contribution in [3.05, 3.63) is 35.4 Å². The molecular formula is C18H25NO2. The summed E-state index contributed by atoms with van der Waals surface area (Å²) in [5.74, 6) is -0.653. The second kappa shape index (κ2) is 5.80. The van der Waals surface area contributed by atoms with Gasteiger partial charge in [0.1, 0.15) is 0 Å². The fourth-order valence-electron chi connectivity index (χ4n) is 4.34. The molecule has 1 aromatic carbocycles. The molecule has 0 aliphatic heterocycles. The van der Waals surface area contributed by atoms with Crippen LogP contribution in [0.1, 0.15) is 49.7 Å². The van der Waals surface area contributed by atoms with Crippen molar-refractivity contribution >= 4 is 5.97 Å². The Morgan fingerprint density at radius 1 is 1.19 bits per heavy atom. The van der Waals surface area contributed by atoms with Crippen molar-refractivity contribution < 1.29 is 9.90 Å². The van der Waals surface area contributed by atoms with Gasteiger partial charge in [0.2, 0.25) is 0 Å². The van der Waals surface area contributed by atoms with Crippen LogP contribution in [0.3, 0.4) is 0 Å². The van der Waals surface area contributed by atoms with E-state index in [0.717, 1.165) is 38.5 Å². The number of fused-ring (bicyclic) bond motifs is 1. The van der Waals surface area contributed by atoms with Crippen molar-refractivity contribution in [2.24, 2.45) is 0 Å². The number of carboxylic acids is 1. The summed E-state index contributed by atoms with van der Waals surface area (Å²) in [7, 11) is 2.16. The lowest BCUT2D eigenvalue weighted by molar-refractivity contribution is -0.141. The summed E-state index contributed by atoms with van der Waals surface area (Å²) < 4.78 is 0. The summed E-state index contributed by atoms with van der Waals surface area (Å²) in [6.07, 6.45) is 8.05. The van der Waals surface area contributed by atoms with Gasteiger partial charge in [-0.05, 0) is 43.9 Å². The van der Waals surface area contributed by atoms with Crippen LogP contribution in [0.4, 0.5) is 0 Å². The van der Waals surface area contributed by atoms with E-state index in [1.807, 2.05) is 0 Å². The average molecular weight is 287 g/mol. The Bertz CT molecular complexity index is 495. The molecule has 1 fully saturated rings. The molecule has 3 rings (SSSR count). The van der Waals surface area contributed by atoms with Gasteiger partial charge in [0.15, 0.2) is 0 Å². The fraction of sp³-hybridized carbons (Fsp3) is 0.611. The van der Waals surface area contributed by atoms with Crippen molar-refractivity contribution in [2.75, 3.05) is 7.05 Å². The number of nitrogens with zero attached hydrogens (tertiary/aromatic N) is 1. The first-order valence-corrected chi connectivity index (χ1v) is 8.12. The lowest BCUT2D eigenvalue weighted by Gasteiger charge is -2.47. The van der Waals surface area contributed by atoms with Gasteiger partial charge in [-0.25, -0.2) is 0 Å². The van der Waals surface area contributed by atoms with E-state index >= 15 is 0 Å². The van der Waals surface area contributed by atoms with Gasteiger partial charge >= 0.3 is 5.97 Å². The average Bonchev–Trinajstić information content (AvgIpc) is 2.90. The highest BCUT2D eigenvalue weighted by Gasteiger charge is 2.42. The Hall–Kier alpha value is -1.35. The fourth-order valence-corrected chi connectivity index (χ4v) is 4.34. The third-order valence-electron chi connectivity index (χ3n) is 5.59. The molecule has 2 aliphatic carbocycles. The maximum absolute atomic E-state index is 11.4. The molecule has 3 heteroatoms. The van der Waals surface area contributed by atoms with E-state index < -0.39 is 5.97 Å². The van der Waals surface area contributed by atoms with E-state index in [1.54, 1.807) is 0 Å². The Morgan fingerprint density at radius 3 is 2.29 bits per heavy atom. The highest BCUT2D eigenvalue weighted by molar-refractivity contribution is 5.68. The van der Waals surface area contributed by atoms with E-state index in [9.17, 15) is 9.90 Å². The minimum Gasteiger partial charge on any atom is -0.481 e. The van der Waals surface area contributed by atoms with Crippen molar-refractivity contribution in [3.63, 3.8) is 0 Å². The summed E-state index contributed by atoms with van der Waals surface area (Å²) in [5.41, 5.74) is 2.75. The van der Waals surface area contributed by atoms with Crippen LogP contribution in [-0.2, 0) is 17.6 Å². The smallest absolute Gasteiger partial charge is 0.305 e. The number of rotatable bonds is 4. The first kappa shape index (κ1) is 14.6. The number of carbonyl (C=O) groups is 1. The molecule has 1 saturated carbocycles. The topological polar surface area (TPSA) is 40.5 Å². The predicted molar refractivity (Wildman–Crippen MR) is 83.5 cm³/mol. The van der Waals surface area contributed by atoms with E-state index in [-0.39, 0.29) is 12.0 Å². The van der Waals surface area contributed by atoms with E-state index in [2.05, 4.69) is 36.2 Å². The molecule has 2 aliphatic rings. The Morgan fingerprint density at radius 2 is 1.76 bits per heavy atom. The molecule has 21 heavy (non-hydrogen) atoms. The molecule has 0 spiro atoms. The normalized spacial score (nSPS) is 21.4. The summed E-state index contributed by atoms with van der Waals surface area (Å²) in [4.78, 5) is 13.8. The van der Waals surface area contributed by atoms with Crippen molar-refractivity contribution in [3.8, 4) is 0 Å². The first-order valence-electron chi connectivity index (χ1n) is 8.12. The van der Waals surface area contributed by atoms with E-state index in [4.69, 9.17) is 0 Å². The van der Waals surface area contributed by atoms with Crippen LogP contribution in [0.25, 0.3) is 0 Å². The van der Waals surface area contributed by atoms with Crippen molar-refractivity contribution in [1.29, 1.82) is 0 Å². The van der Waals surface area contributed by atoms with E-state index in [0.29, 0.717) is 6.04 Å². The van der Waals surface area contributed by atoms with Gasteiger partial charge in [-0.3, -0.25) is 9.69 Å². The van der Waals surface area contributed by atoms with Gasteiger partial charge in [-0.1, -0.05) is 43.5 Å². The zero-order valence-corrected chi connectivity index (χ0v) is 12.8. The second-order valence-electron chi connectivity index (χ2n) is 6.80. The zero-order valence-electron chi connectivity index (χ0n) is 12.8. The van der Waals surface area contributed by atoms with Gasteiger partial charge in [0.05, 0.1) is 6.42 Å². The lowest BCUT2D eigenvalue weighted by atomic mass is 9.77. The van der Waals surface area contributed by atoms with Crippen LogP contribution in [-0.4, -0.2) is 34.6 Å². The molecule has 0 bridgehead atoms. The number of hydrogen-bond acceptors (Lipinski definition) is 2. The van der Waals surface area contributed by atoms with Crippen molar-refractivity contribution in [1.82, 2.24) is 4.90 Å². The summed E-state index contributed by atoms with van der Waals surface area (Å²) in [6.45, 7) is 0. The molecule has 0 saturated heterocycles. The third-order valence-corrected chi connectivity index (χ3v) is 5.59. The third kappa shape index (κ3) is 2.84. The number of likely N-dealkylation sites (N-methyl/N-ethyl adjacent to an activating group) is 1. The summed E-state index contributed by atoms with van der Waals surface area (Å²) in [6, 6.07) is 9.10. The van der Waals surface area contributed by atoms with Crippen LogP contribution in [0.2, 0.25) is 0 Å². The molecule has 0 aromatic heterocycles. The second-order valence-corrected chi connectivity index (χ2v) is 6.80. The molecule has 1 N–H and O–H groups in total. The van der Waals surface area contributed by atoms with Crippen LogP contribution in [0.5, 0.6) is 0 Å². The Kier molecular flexibility index (Phi) is 4.03. The van der Waals surface area contributed by atoms with Crippen molar-refractivity contribution in [2.45, 2.75) is 62.9 Å². The van der Waals surface area contributed by atoms with Crippen LogP contribution < -0.4 is 0 Å². The molecule has 3 nitrogen and oxygen atoms in total. The molecule has 0 atom stereocenters. The molecule has 0 heterocycles. The van der Waals surface area contributed by atoms with Crippen LogP contribution in [0, 0.1) is 0 Å². The molecule has 0 radical (unpaired) electrons. The van der Waals surface area contributed by atoms with Crippen LogP contribution in [0.15, 0.2) is 24.3 Å². The van der Waals surface area contributed by atoms with Crippen LogP contribution >= 0.6 is 0 Å². The highest BCUT2D eigenvalue weighted by atomic mass is 16.4. The largest absolute Gasteiger partial charge is 0.481 e. The number of hydrogen-bond donors (Lipinski definition) is 1. The minimum atomic E-state index is -0.653. The number of benzene rings is 1. The maximum Gasteiger partial charge on any atom is 0.305 e. The minimum absolute atomic E-state index is 0.128. The number of carboxylic acid groups (broad SMARTS) is 1. The molecule has 0 amide bonds. The van der Waals surface area contributed by atoms with Gasteiger partial charge < -0.3 is 5.11 Å².